The van der Waals surface area contributed by atoms with E-state index in [1.54, 1.807) is 11.8 Å². The first kappa shape index (κ1) is 13.1. The highest BCUT2D eigenvalue weighted by molar-refractivity contribution is 7.99. The van der Waals surface area contributed by atoms with E-state index < -0.39 is 0 Å². The lowest BCUT2D eigenvalue weighted by Crippen LogP contribution is -2.18. The lowest BCUT2D eigenvalue weighted by molar-refractivity contribution is -0.148. The largest absolute Gasteiger partial charge is 0.463 e. The minimum atomic E-state index is -0.252. The summed E-state index contributed by atoms with van der Waals surface area (Å²) in [5.74, 6) is 0.281. The summed E-state index contributed by atoms with van der Waals surface area (Å²) in [5, 5.41) is 8.52. The van der Waals surface area contributed by atoms with Gasteiger partial charge in [0.2, 0.25) is 0 Å². The standard InChI is InChI=1S/C12H16O3S/c1-10(12(14)15-8-7-13)9-16-11-5-3-2-4-6-11/h2-6,10,13H,7-9H2,1H3. The van der Waals surface area contributed by atoms with Gasteiger partial charge in [0, 0.05) is 10.6 Å². The molecule has 0 heterocycles. The number of thioether (sulfide) groups is 1. The molecule has 0 aliphatic rings. The highest BCUT2D eigenvalue weighted by Crippen LogP contribution is 2.20. The molecule has 1 unspecified atom stereocenters. The second kappa shape index (κ2) is 7.30. The summed E-state index contributed by atoms with van der Waals surface area (Å²) in [6.07, 6.45) is 0. The van der Waals surface area contributed by atoms with Crippen LogP contribution in [0.2, 0.25) is 0 Å². The van der Waals surface area contributed by atoms with Gasteiger partial charge in [-0.1, -0.05) is 25.1 Å². The van der Waals surface area contributed by atoms with Crippen molar-refractivity contribution in [3.63, 3.8) is 0 Å². The van der Waals surface area contributed by atoms with Crippen molar-refractivity contribution >= 4 is 17.7 Å². The number of aliphatic hydroxyl groups is 1. The van der Waals surface area contributed by atoms with Crippen molar-refractivity contribution in [2.24, 2.45) is 5.92 Å². The second-order valence-corrected chi connectivity index (χ2v) is 4.51. The van der Waals surface area contributed by atoms with Crippen LogP contribution in [0.5, 0.6) is 0 Å². The van der Waals surface area contributed by atoms with Gasteiger partial charge in [-0.2, -0.15) is 0 Å². The summed E-state index contributed by atoms with van der Waals surface area (Å²) in [6, 6.07) is 9.92. The molecule has 3 nitrogen and oxygen atoms in total. The molecule has 1 aromatic rings. The van der Waals surface area contributed by atoms with Crippen molar-refractivity contribution < 1.29 is 14.6 Å². The quantitative estimate of drug-likeness (QED) is 0.610. The van der Waals surface area contributed by atoms with Gasteiger partial charge in [0.1, 0.15) is 6.61 Å². The fourth-order valence-electron chi connectivity index (χ4n) is 1.09. The Balaban J connectivity index is 2.29. The van der Waals surface area contributed by atoms with Crippen LogP contribution < -0.4 is 0 Å². The number of hydrogen-bond donors (Lipinski definition) is 1. The van der Waals surface area contributed by atoms with Crippen LogP contribution in [0.4, 0.5) is 0 Å². The zero-order valence-corrected chi connectivity index (χ0v) is 10.1. The number of esters is 1. The summed E-state index contributed by atoms with van der Waals surface area (Å²) in [4.78, 5) is 12.5. The molecule has 16 heavy (non-hydrogen) atoms. The smallest absolute Gasteiger partial charge is 0.309 e. The van der Waals surface area contributed by atoms with Crippen molar-refractivity contribution in [2.75, 3.05) is 19.0 Å². The third-order valence-electron chi connectivity index (χ3n) is 1.98. The molecule has 1 rings (SSSR count). The van der Waals surface area contributed by atoms with Gasteiger partial charge in [0.15, 0.2) is 0 Å². The van der Waals surface area contributed by atoms with Gasteiger partial charge in [-0.15, -0.1) is 11.8 Å². The molecule has 0 amide bonds. The van der Waals surface area contributed by atoms with Gasteiger partial charge in [-0.3, -0.25) is 4.79 Å². The molecule has 0 spiro atoms. The Kier molecular flexibility index (Phi) is 5.96. The molecule has 0 aliphatic heterocycles. The Morgan fingerprint density at radius 3 is 2.75 bits per heavy atom. The van der Waals surface area contributed by atoms with E-state index in [-0.39, 0.29) is 25.1 Å². The minimum absolute atomic E-state index is 0.0825. The minimum Gasteiger partial charge on any atom is -0.463 e. The van der Waals surface area contributed by atoms with Crippen molar-refractivity contribution in [1.29, 1.82) is 0 Å². The van der Waals surface area contributed by atoms with Crippen molar-refractivity contribution in [3.05, 3.63) is 30.3 Å². The Hall–Kier alpha value is -1.00. The maximum atomic E-state index is 11.4. The van der Waals surface area contributed by atoms with E-state index in [0.29, 0.717) is 5.75 Å². The van der Waals surface area contributed by atoms with Crippen LogP contribution in [0.25, 0.3) is 0 Å². The topological polar surface area (TPSA) is 46.5 Å². The van der Waals surface area contributed by atoms with Crippen molar-refractivity contribution in [2.45, 2.75) is 11.8 Å². The molecule has 0 saturated carbocycles. The molecular weight excluding hydrogens is 224 g/mol. The van der Waals surface area contributed by atoms with Crippen LogP contribution in [-0.4, -0.2) is 30.0 Å². The highest BCUT2D eigenvalue weighted by atomic mass is 32.2. The fraction of sp³-hybridized carbons (Fsp3) is 0.417. The molecule has 0 aromatic heterocycles. The lowest BCUT2D eigenvalue weighted by atomic mass is 10.2. The zero-order chi connectivity index (χ0) is 11.8. The molecule has 0 saturated heterocycles. The normalized spacial score (nSPS) is 12.1. The Morgan fingerprint density at radius 1 is 1.44 bits per heavy atom. The predicted octanol–water partition coefficient (Wildman–Crippen LogP) is 1.95. The van der Waals surface area contributed by atoms with Gasteiger partial charge in [-0.05, 0) is 12.1 Å². The molecule has 1 N–H and O–H groups in total. The molecule has 0 fully saturated rings. The summed E-state index contributed by atoms with van der Waals surface area (Å²) < 4.78 is 4.84. The summed E-state index contributed by atoms with van der Waals surface area (Å²) in [5.41, 5.74) is 0. The van der Waals surface area contributed by atoms with Crippen LogP contribution in [0.3, 0.4) is 0 Å². The Bertz CT molecular complexity index is 313. The van der Waals surface area contributed by atoms with E-state index in [0.717, 1.165) is 4.90 Å². The van der Waals surface area contributed by atoms with E-state index in [1.807, 2.05) is 37.3 Å². The molecular formula is C12H16O3S. The van der Waals surface area contributed by atoms with Crippen LogP contribution in [0, 0.1) is 5.92 Å². The third kappa shape index (κ3) is 4.68. The second-order valence-electron chi connectivity index (χ2n) is 3.42. The van der Waals surface area contributed by atoms with E-state index >= 15 is 0 Å². The SMILES string of the molecule is CC(CSc1ccccc1)C(=O)OCCO. The first-order valence-corrected chi connectivity index (χ1v) is 6.18. The molecule has 0 aliphatic carbocycles. The summed E-state index contributed by atoms with van der Waals surface area (Å²) >= 11 is 1.63. The summed E-state index contributed by atoms with van der Waals surface area (Å²) in [6.45, 7) is 1.79. The number of carbonyl (C=O) groups excluding carboxylic acids is 1. The highest BCUT2D eigenvalue weighted by Gasteiger charge is 2.14. The van der Waals surface area contributed by atoms with E-state index in [2.05, 4.69) is 0 Å². The van der Waals surface area contributed by atoms with E-state index in [9.17, 15) is 4.79 Å². The van der Waals surface area contributed by atoms with Crippen LogP contribution >= 0.6 is 11.8 Å². The molecule has 1 aromatic carbocycles. The average molecular weight is 240 g/mol. The van der Waals surface area contributed by atoms with Crippen LogP contribution in [0.1, 0.15) is 6.92 Å². The number of ether oxygens (including phenoxy) is 1. The van der Waals surface area contributed by atoms with Gasteiger partial charge < -0.3 is 9.84 Å². The van der Waals surface area contributed by atoms with Gasteiger partial charge >= 0.3 is 5.97 Å². The zero-order valence-electron chi connectivity index (χ0n) is 9.26. The predicted molar refractivity (Wildman–Crippen MR) is 64.4 cm³/mol. The molecule has 0 radical (unpaired) electrons. The lowest BCUT2D eigenvalue weighted by Gasteiger charge is -2.10. The number of carbonyl (C=O) groups is 1. The first-order chi connectivity index (χ1) is 7.74. The number of aliphatic hydroxyl groups excluding tert-OH is 1. The third-order valence-corrected chi connectivity index (χ3v) is 3.25. The van der Waals surface area contributed by atoms with E-state index in [4.69, 9.17) is 9.84 Å². The number of benzene rings is 1. The molecule has 88 valence electrons. The molecule has 4 heteroatoms. The Morgan fingerprint density at radius 2 is 2.12 bits per heavy atom. The van der Waals surface area contributed by atoms with Crippen molar-refractivity contribution in [1.82, 2.24) is 0 Å². The van der Waals surface area contributed by atoms with Crippen LogP contribution in [0.15, 0.2) is 35.2 Å². The average Bonchev–Trinajstić information content (AvgIpc) is 2.34. The summed E-state index contributed by atoms with van der Waals surface area (Å²) in [7, 11) is 0. The first-order valence-electron chi connectivity index (χ1n) is 5.19. The van der Waals surface area contributed by atoms with Gasteiger partial charge in [0.25, 0.3) is 0 Å². The number of rotatable bonds is 6. The Labute approximate surface area is 99.8 Å². The molecule has 0 bridgehead atoms. The fourth-order valence-corrected chi connectivity index (χ4v) is 2.02. The van der Waals surface area contributed by atoms with Gasteiger partial charge in [-0.25, -0.2) is 0 Å². The van der Waals surface area contributed by atoms with E-state index in [1.165, 1.54) is 0 Å². The maximum absolute atomic E-state index is 11.4. The van der Waals surface area contributed by atoms with Gasteiger partial charge in [0.05, 0.1) is 12.5 Å². The number of hydrogen-bond acceptors (Lipinski definition) is 4. The maximum Gasteiger partial charge on any atom is 0.309 e. The van der Waals surface area contributed by atoms with Crippen molar-refractivity contribution in [3.8, 4) is 0 Å². The van der Waals surface area contributed by atoms with Crippen LogP contribution in [-0.2, 0) is 9.53 Å². The monoisotopic (exact) mass is 240 g/mol. The molecule has 1 atom stereocenters.